The van der Waals surface area contributed by atoms with Gasteiger partial charge in [-0.25, -0.2) is 0 Å². The molecule has 7 N–H and O–H groups in total. The van der Waals surface area contributed by atoms with E-state index < -0.39 is 80.7 Å². The Hall–Kier alpha value is -1.27. The van der Waals surface area contributed by atoms with Crippen molar-refractivity contribution < 1.29 is 69.0 Å². The molecule has 14 heteroatoms. The van der Waals surface area contributed by atoms with Crippen molar-refractivity contribution in [1.82, 2.24) is 0 Å². The van der Waals surface area contributed by atoms with Crippen LogP contribution in [0.4, 0.5) is 0 Å². The van der Waals surface area contributed by atoms with E-state index in [0.717, 1.165) is 44.9 Å². The molecule has 2 fully saturated rings. The molecule has 0 amide bonds. The third-order valence-corrected chi connectivity index (χ3v) is 14.8. The van der Waals surface area contributed by atoms with Crippen LogP contribution < -0.4 is 0 Å². The molecule has 0 aromatic carbocycles. The van der Waals surface area contributed by atoms with Crippen LogP contribution in [0.15, 0.2) is 12.2 Å². The van der Waals surface area contributed by atoms with Crippen molar-refractivity contribution in [2.45, 2.75) is 325 Å². The first-order chi connectivity index (χ1) is 35.6. The average Bonchev–Trinajstić information content (AvgIpc) is 3.39. The molecule has 0 bridgehead atoms. The minimum absolute atomic E-state index is 0.0634. The highest BCUT2D eigenvalue weighted by molar-refractivity contribution is 5.69. The molecule has 11 unspecified atom stereocenters. The Kier molecular flexibility index (Phi) is 43.5. The van der Waals surface area contributed by atoms with Gasteiger partial charge >= 0.3 is 5.97 Å². The number of ether oxygens (including phenoxy) is 6. The van der Waals surface area contributed by atoms with Crippen molar-refractivity contribution in [3.05, 3.63) is 12.2 Å². The lowest BCUT2D eigenvalue weighted by atomic mass is 9.98. The second-order valence-corrected chi connectivity index (χ2v) is 21.5. The normalized spacial score (nSPS) is 24.9. The Balaban J connectivity index is 1.69. The van der Waals surface area contributed by atoms with Crippen molar-refractivity contribution in [2.24, 2.45) is 0 Å². The summed E-state index contributed by atoms with van der Waals surface area (Å²) in [5.74, 6) is -0.371. The van der Waals surface area contributed by atoms with Gasteiger partial charge in [-0.05, 0) is 38.5 Å². The molecule has 2 saturated heterocycles. The molecule has 2 aliphatic heterocycles. The molecule has 11 atom stereocenters. The highest BCUT2D eigenvalue weighted by Crippen LogP contribution is 2.27. The van der Waals surface area contributed by atoms with Gasteiger partial charge in [0, 0.05) is 13.0 Å². The number of rotatable bonds is 50. The Bertz CT molecular complexity index is 1260. The van der Waals surface area contributed by atoms with Crippen LogP contribution in [0.3, 0.4) is 0 Å². The average molecular weight is 1050 g/mol. The Morgan fingerprint density at radius 1 is 0.438 bits per heavy atom. The van der Waals surface area contributed by atoms with Crippen LogP contribution in [0.1, 0.15) is 258 Å². The van der Waals surface area contributed by atoms with E-state index in [9.17, 15) is 40.5 Å². The first-order valence-corrected chi connectivity index (χ1v) is 30.3. The fraction of sp³-hybridized carbons (Fsp3) is 0.949. The van der Waals surface area contributed by atoms with Crippen LogP contribution in [0.25, 0.3) is 0 Å². The molecule has 14 nitrogen and oxygen atoms in total. The van der Waals surface area contributed by atoms with Gasteiger partial charge in [0.1, 0.15) is 54.9 Å². The predicted octanol–water partition coefficient (Wildman–Crippen LogP) is 11.0. The Labute approximate surface area is 444 Å². The number of hydrogen-bond donors (Lipinski definition) is 7. The number of carbonyl (C=O) groups excluding carboxylic acids is 1. The van der Waals surface area contributed by atoms with E-state index in [2.05, 4.69) is 26.0 Å². The maximum Gasteiger partial charge on any atom is 0.306 e. The summed E-state index contributed by atoms with van der Waals surface area (Å²) in [6, 6.07) is 0. The molecule has 432 valence electrons. The minimum atomic E-state index is -1.70. The van der Waals surface area contributed by atoms with Gasteiger partial charge in [-0.15, -0.1) is 0 Å². The van der Waals surface area contributed by atoms with E-state index in [1.807, 2.05) is 0 Å². The van der Waals surface area contributed by atoms with Gasteiger partial charge < -0.3 is 64.2 Å². The topological polar surface area (TPSA) is 214 Å². The lowest BCUT2D eigenvalue weighted by Gasteiger charge is -2.42. The van der Waals surface area contributed by atoms with Crippen LogP contribution in [0.5, 0.6) is 0 Å². The minimum Gasteiger partial charge on any atom is -0.457 e. The number of esters is 1. The second kappa shape index (κ2) is 46.8. The lowest BCUT2D eigenvalue weighted by Crippen LogP contribution is -2.61. The summed E-state index contributed by atoms with van der Waals surface area (Å²) in [5.41, 5.74) is 0. The fourth-order valence-electron chi connectivity index (χ4n) is 9.87. The van der Waals surface area contributed by atoms with Crippen molar-refractivity contribution in [1.29, 1.82) is 0 Å². The van der Waals surface area contributed by atoms with Crippen LogP contribution in [0, 0.1) is 0 Å². The molecule has 0 radical (unpaired) electrons. The maximum atomic E-state index is 13.1. The molecular weight excluding hydrogens is 933 g/mol. The largest absolute Gasteiger partial charge is 0.457 e. The third-order valence-electron chi connectivity index (χ3n) is 14.8. The van der Waals surface area contributed by atoms with E-state index in [-0.39, 0.29) is 25.6 Å². The van der Waals surface area contributed by atoms with Crippen molar-refractivity contribution in [2.75, 3.05) is 33.0 Å². The SMILES string of the molecule is CCCCCCCCC/C=C\CCCCCCCCOCC(COC1OC(COC2OC(CO)C(O)C(O)C2O)C(O)C(O)C1O)OC(=O)CCCCCCCCCCCCCCCCCCCCCCCC. The number of unbranched alkanes of at least 4 members (excludes halogenated alkanes) is 34. The molecule has 2 heterocycles. The standard InChI is InChI=1S/C59H112O14/c1-3-5-7-9-11-13-15-17-19-21-22-23-24-25-26-28-30-32-34-36-38-40-42-51(61)71-48(45-68-43-41-39-37-35-33-31-29-27-20-18-16-14-12-10-8-6-4-2)46-69-58-57(67)55(65)53(63)50(73-58)47-70-59-56(66)54(64)52(62)49(44-60)72-59/h20,27,48-50,52-60,62-67H,3-19,21-26,28-47H2,1-2H3/b27-20-. The van der Waals surface area contributed by atoms with Crippen LogP contribution in [0.2, 0.25) is 0 Å². The number of aliphatic hydroxyl groups excluding tert-OH is 7. The van der Waals surface area contributed by atoms with E-state index in [0.29, 0.717) is 13.0 Å². The number of hydrogen-bond acceptors (Lipinski definition) is 14. The first kappa shape index (κ1) is 67.8. The summed E-state index contributed by atoms with van der Waals surface area (Å²) in [7, 11) is 0. The smallest absolute Gasteiger partial charge is 0.306 e. The zero-order valence-electron chi connectivity index (χ0n) is 46.4. The summed E-state index contributed by atoms with van der Waals surface area (Å²) in [6.45, 7) is 3.73. The zero-order chi connectivity index (χ0) is 53.0. The zero-order valence-corrected chi connectivity index (χ0v) is 46.4. The van der Waals surface area contributed by atoms with Crippen LogP contribution in [-0.2, 0) is 33.2 Å². The van der Waals surface area contributed by atoms with Gasteiger partial charge in [-0.1, -0.05) is 225 Å². The monoisotopic (exact) mass is 1040 g/mol. The molecule has 0 aliphatic carbocycles. The predicted molar refractivity (Wildman–Crippen MR) is 289 cm³/mol. The van der Waals surface area contributed by atoms with E-state index in [4.69, 9.17) is 28.4 Å². The summed E-state index contributed by atoms with van der Waals surface area (Å²) >= 11 is 0. The van der Waals surface area contributed by atoms with E-state index >= 15 is 0 Å². The molecule has 0 aromatic heterocycles. The fourth-order valence-corrected chi connectivity index (χ4v) is 9.87. The third kappa shape index (κ3) is 33.6. The molecule has 0 saturated carbocycles. The van der Waals surface area contributed by atoms with Crippen LogP contribution in [-0.4, -0.2) is 142 Å². The van der Waals surface area contributed by atoms with E-state index in [1.165, 1.54) is 186 Å². The highest BCUT2D eigenvalue weighted by atomic mass is 16.7. The summed E-state index contributed by atoms with van der Waals surface area (Å²) in [5, 5.41) is 72.4. The van der Waals surface area contributed by atoms with Gasteiger partial charge in [-0.3, -0.25) is 4.79 Å². The van der Waals surface area contributed by atoms with Crippen molar-refractivity contribution in [3.8, 4) is 0 Å². The number of allylic oxidation sites excluding steroid dienone is 2. The van der Waals surface area contributed by atoms with Gasteiger partial charge in [0.05, 0.1) is 26.4 Å². The highest BCUT2D eigenvalue weighted by Gasteiger charge is 2.47. The van der Waals surface area contributed by atoms with Gasteiger partial charge in [0.2, 0.25) is 0 Å². The Morgan fingerprint density at radius 2 is 0.808 bits per heavy atom. The van der Waals surface area contributed by atoms with Crippen LogP contribution >= 0.6 is 0 Å². The van der Waals surface area contributed by atoms with Crippen molar-refractivity contribution >= 4 is 5.97 Å². The summed E-state index contributed by atoms with van der Waals surface area (Å²) in [6.07, 6.45) is 35.6. The molecule has 0 aromatic rings. The lowest BCUT2D eigenvalue weighted by molar-refractivity contribution is -0.332. The molecule has 2 aliphatic rings. The maximum absolute atomic E-state index is 13.1. The van der Waals surface area contributed by atoms with Crippen molar-refractivity contribution in [3.63, 3.8) is 0 Å². The van der Waals surface area contributed by atoms with Gasteiger partial charge in [0.15, 0.2) is 12.6 Å². The second-order valence-electron chi connectivity index (χ2n) is 21.5. The summed E-state index contributed by atoms with van der Waals surface area (Å²) in [4.78, 5) is 13.1. The number of carbonyl (C=O) groups is 1. The molecule has 0 spiro atoms. The van der Waals surface area contributed by atoms with Gasteiger partial charge in [-0.2, -0.15) is 0 Å². The summed E-state index contributed by atoms with van der Waals surface area (Å²) < 4.78 is 34.4. The van der Waals surface area contributed by atoms with Gasteiger partial charge in [0.25, 0.3) is 0 Å². The Morgan fingerprint density at radius 3 is 1.25 bits per heavy atom. The van der Waals surface area contributed by atoms with E-state index in [1.54, 1.807) is 0 Å². The molecule has 73 heavy (non-hydrogen) atoms. The molecular formula is C59H112O14. The molecule has 2 rings (SSSR count). The number of aliphatic hydroxyl groups is 7. The quantitative estimate of drug-likeness (QED) is 0.0172. The first-order valence-electron chi connectivity index (χ1n) is 30.3.